The number of carbonyl (C=O) groups is 1. The summed E-state index contributed by atoms with van der Waals surface area (Å²) in [6, 6.07) is 5.59. The lowest BCUT2D eigenvalue weighted by Gasteiger charge is -2.19. The first-order valence-electron chi connectivity index (χ1n) is 5.72. The highest BCUT2D eigenvalue weighted by molar-refractivity contribution is 5.99. The van der Waals surface area contributed by atoms with Crippen LogP contribution in [0.3, 0.4) is 0 Å². The highest BCUT2D eigenvalue weighted by Crippen LogP contribution is 2.16. The van der Waals surface area contributed by atoms with Gasteiger partial charge < -0.3 is 16.0 Å². The fourth-order valence-electron chi connectivity index (χ4n) is 1.77. The SMILES string of the molecule is Cc1cccc(C(=O)NC(C)CN(C)C)c1N. The Morgan fingerprint density at radius 1 is 1.47 bits per heavy atom. The van der Waals surface area contributed by atoms with E-state index in [-0.39, 0.29) is 11.9 Å². The molecule has 0 aliphatic carbocycles. The van der Waals surface area contributed by atoms with Crippen molar-refractivity contribution in [2.24, 2.45) is 0 Å². The van der Waals surface area contributed by atoms with E-state index < -0.39 is 0 Å². The third-order valence-electron chi connectivity index (χ3n) is 2.59. The summed E-state index contributed by atoms with van der Waals surface area (Å²) in [5.41, 5.74) is 7.93. The fraction of sp³-hybridized carbons (Fsp3) is 0.462. The van der Waals surface area contributed by atoms with Gasteiger partial charge in [0.1, 0.15) is 0 Å². The van der Waals surface area contributed by atoms with Gasteiger partial charge in [-0.3, -0.25) is 4.79 Å². The molecular weight excluding hydrogens is 214 g/mol. The molecule has 0 saturated carbocycles. The number of carbonyl (C=O) groups excluding carboxylic acids is 1. The minimum Gasteiger partial charge on any atom is -0.398 e. The predicted octanol–water partition coefficient (Wildman–Crippen LogP) is 1.26. The molecule has 0 aliphatic heterocycles. The van der Waals surface area contributed by atoms with Crippen LogP contribution in [0.5, 0.6) is 0 Å². The van der Waals surface area contributed by atoms with Gasteiger partial charge in [0.25, 0.3) is 5.91 Å². The van der Waals surface area contributed by atoms with E-state index in [1.807, 2.05) is 45.0 Å². The molecule has 17 heavy (non-hydrogen) atoms. The molecular formula is C13H21N3O. The van der Waals surface area contributed by atoms with E-state index in [1.54, 1.807) is 6.07 Å². The molecule has 1 amide bonds. The number of aryl methyl sites for hydroxylation is 1. The van der Waals surface area contributed by atoms with Gasteiger partial charge >= 0.3 is 0 Å². The maximum Gasteiger partial charge on any atom is 0.253 e. The van der Waals surface area contributed by atoms with Crippen LogP contribution in [-0.2, 0) is 0 Å². The van der Waals surface area contributed by atoms with Gasteiger partial charge in [0.2, 0.25) is 0 Å². The van der Waals surface area contributed by atoms with E-state index in [0.717, 1.165) is 12.1 Å². The van der Waals surface area contributed by atoms with E-state index in [1.165, 1.54) is 0 Å². The molecule has 4 heteroatoms. The number of nitrogens with two attached hydrogens (primary N) is 1. The Kier molecular flexibility index (Phi) is 4.52. The Hall–Kier alpha value is -1.55. The number of hydrogen-bond acceptors (Lipinski definition) is 3. The summed E-state index contributed by atoms with van der Waals surface area (Å²) in [6.07, 6.45) is 0. The average molecular weight is 235 g/mol. The standard InChI is InChI=1S/C13H21N3O/c1-9-6-5-7-11(12(9)14)13(17)15-10(2)8-16(3)4/h5-7,10H,8,14H2,1-4H3,(H,15,17). The highest BCUT2D eigenvalue weighted by Gasteiger charge is 2.13. The minimum absolute atomic E-state index is 0.0948. The Labute approximate surface area is 103 Å². The van der Waals surface area contributed by atoms with Gasteiger partial charge in [0.05, 0.1) is 5.56 Å². The second kappa shape index (κ2) is 5.68. The molecule has 1 aromatic carbocycles. The Morgan fingerprint density at radius 3 is 2.71 bits per heavy atom. The Balaban J connectivity index is 2.73. The molecule has 0 radical (unpaired) electrons. The monoisotopic (exact) mass is 235 g/mol. The van der Waals surface area contributed by atoms with Crippen LogP contribution >= 0.6 is 0 Å². The van der Waals surface area contributed by atoms with Crippen molar-refractivity contribution in [1.82, 2.24) is 10.2 Å². The van der Waals surface area contributed by atoms with Gasteiger partial charge in [0.15, 0.2) is 0 Å². The lowest BCUT2D eigenvalue weighted by atomic mass is 10.1. The molecule has 0 saturated heterocycles. The van der Waals surface area contributed by atoms with Crippen molar-refractivity contribution in [3.05, 3.63) is 29.3 Å². The molecule has 1 atom stereocenters. The smallest absolute Gasteiger partial charge is 0.253 e. The minimum atomic E-state index is -0.111. The first-order chi connectivity index (χ1) is 7.91. The molecule has 0 bridgehead atoms. The van der Waals surface area contributed by atoms with Gasteiger partial charge in [0, 0.05) is 18.3 Å². The average Bonchev–Trinajstić information content (AvgIpc) is 2.20. The maximum absolute atomic E-state index is 12.0. The number of nitrogen functional groups attached to an aromatic ring is 1. The number of nitrogens with zero attached hydrogens (tertiary/aromatic N) is 1. The third kappa shape index (κ3) is 3.75. The summed E-state index contributed by atoms with van der Waals surface area (Å²) >= 11 is 0. The predicted molar refractivity (Wildman–Crippen MR) is 71.1 cm³/mol. The summed E-state index contributed by atoms with van der Waals surface area (Å²) in [5, 5.41) is 2.93. The number of likely N-dealkylation sites (N-methyl/N-ethyl adjacent to an activating group) is 1. The van der Waals surface area contributed by atoms with Gasteiger partial charge in [-0.2, -0.15) is 0 Å². The second-order valence-corrected chi connectivity index (χ2v) is 4.67. The summed E-state index contributed by atoms with van der Waals surface area (Å²) < 4.78 is 0. The number of amides is 1. The zero-order valence-electron chi connectivity index (χ0n) is 10.9. The van der Waals surface area contributed by atoms with Crippen molar-refractivity contribution < 1.29 is 4.79 Å². The number of rotatable bonds is 4. The van der Waals surface area contributed by atoms with E-state index in [4.69, 9.17) is 5.73 Å². The molecule has 1 rings (SSSR count). The van der Waals surface area contributed by atoms with Crippen molar-refractivity contribution >= 4 is 11.6 Å². The van der Waals surface area contributed by atoms with Crippen LogP contribution in [0.2, 0.25) is 0 Å². The molecule has 0 spiro atoms. The number of hydrogen-bond donors (Lipinski definition) is 2. The zero-order valence-corrected chi connectivity index (χ0v) is 10.9. The molecule has 0 fully saturated rings. The van der Waals surface area contributed by atoms with Gasteiger partial charge in [-0.05, 0) is 39.6 Å². The molecule has 1 unspecified atom stereocenters. The molecule has 0 aliphatic rings. The largest absolute Gasteiger partial charge is 0.398 e. The lowest BCUT2D eigenvalue weighted by molar-refractivity contribution is 0.0935. The normalized spacial score (nSPS) is 12.5. The third-order valence-corrected chi connectivity index (χ3v) is 2.59. The lowest BCUT2D eigenvalue weighted by Crippen LogP contribution is -2.39. The molecule has 0 heterocycles. The number of anilines is 1. The van der Waals surface area contributed by atoms with Crippen LogP contribution in [0.15, 0.2) is 18.2 Å². The van der Waals surface area contributed by atoms with Crippen LogP contribution in [0, 0.1) is 6.92 Å². The first kappa shape index (κ1) is 13.5. The first-order valence-corrected chi connectivity index (χ1v) is 5.72. The molecule has 4 nitrogen and oxygen atoms in total. The van der Waals surface area contributed by atoms with E-state index in [9.17, 15) is 4.79 Å². The van der Waals surface area contributed by atoms with E-state index in [2.05, 4.69) is 5.32 Å². The van der Waals surface area contributed by atoms with Crippen molar-refractivity contribution in [3.63, 3.8) is 0 Å². The van der Waals surface area contributed by atoms with Crippen LogP contribution in [0.25, 0.3) is 0 Å². The second-order valence-electron chi connectivity index (χ2n) is 4.67. The van der Waals surface area contributed by atoms with Crippen molar-refractivity contribution in [2.75, 3.05) is 26.4 Å². The molecule has 94 valence electrons. The molecule has 3 N–H and O–H groups in total. The van der Waals surface area contributed by atoms with Gasteiger partial charge in [-0.25, -0.2) is 0 Å². The van der Waals surface area contributed by atoms with Gasteiger partial charge in [-0.1, -0.05) is 12.1 Å². The number of benzene rings is 1. The van der Waals surface area contributed by atoms with E-state index in [0.29, 0.717) is 11.3 Å². The number of nitrogens with one attached hydrogen (secondary N) is 1. The highest BCUT2D eigenvalue weighted by atomic mass is 16.1. The van der Waals surface area contributed by atoms with E-state index >= 15 is 0 Å². The Morgan fingerprint density at radius 2 is 2.12 bits per heavy atom. The molecule has 1 aromatic rings. The summed E-state index contributed by atoms with van der Waals surface area (Å²) in [5.74, 6) is -0.111. The summed E-state index contributed by atoms with van der Waals surface area (Å²) in [7, 11) is 3.95. The van der Waals surface area contributed by atoms with Crippen LogP contribution in [0.4, 0.5) is 5.69 Å². The van der Waals surface area contributed by atoms with Crippen LogP contribution in [-0.4, -0.2) is 37.5 Å². The van der Waals surface area contributed by atoms with Crippen LogP contribution < -0.4 is 11.1 Å². The molecule has 0 aromatic heterocycles. The zero-order chi connectivity index (χ0) is 13.0. The maximum atomic E-state index is 12.0. The summed E-state index contributed by atoms with van der Waals surface area (Å²) in [4.78, 5) is 14.0. The summed E-state index contributed by atoms with van der Waals surface area (Å²) in [6.45, 7) is 4.68. The van der Waals surface area contributed by atoms with Crippen molar-refractivity contribution in [3.8, 4) is 0 Å². The number of para-hydroxylation sites is 1. The Bertz CT molecular complexity index is 402. The fourth-order valence-corrected chi connectivity index (χ4v) is 1.77. The van der Waals surface area contributed by atoms with Crippen LogP contribution in [0.1, 0.15) is 22.8 Å². The quantitative estimate of drug-likeness (QED) is 0.772. The van der Waals surface area contributed by atoms with Crippen molar-refractivity contribution in [2.45, 2.75) is 19.9 Å². The topological polar surface area (TPSA) is 58.4 Å². The van der Waals surface area contributed by atoms with Crippen molar-refractivity contribution in [1.29, 1.82) is 0 Å². The van der Waals surface area contributed by atoms with Gasteiger partial charge in [-0.15, -0.1) is 0 Å².